The van der Waals surface area contributed by atoms with E-state index in [9.17, 15) is 13.2 Å². The third-order valence-electron chi connectivity index (χ3n) is 2.34. The topological polar surface area (TPSA) is 74.6 Å². The highest BCUT2D eigenvalue weighted by Crippen LogP contribution is 2.19. The second-order valence-corrected chi connectivity index (χ2v) is 6.39. The van der Waals surface area contributed by atoms with Crippen LogP contribution in [0.15, 0.2) is 17.2 Å². The first-order chi connectivity index (χ1) is 8.90. The van der Waals surface area contributed by atoms with Crippen molar-refractivity contribution in [2.45, 2.75) is 24.8 Å². The van der Waals surface area contributed by atoms with Gasteiger partial charge >= 0.3 is 5.97 Å². The molecule has 1 rings (SSSR count). The Labute approximate surface area is 116 Å². The Hall–Kier alpha value is -1.05. The Morgan fingerprint density at radius 2 is 2.11 bits per heavy atom. The van der Waals surface area contributed by atoms with E-state index in [-0.39, 0.29) is 17.2 Å². The van der Waals surface area contributed by atoms with Gasteiger partial charge in [-0.1, -0.05) is 6.92 Å². The van der Waals surface area contributed by atoms with Crippen molar-refractivity contribution < 1.29 is 22.7 Å². The molecule has 0 aromatic carbocycles. The van der Waals surface area contributed by atoms with Crippen molar-refractivity contribution in [1.29, 1.82) is 0 Å². The highest BCUT2D eigenvalue weighted by atomic mass is 35.7. The number of esters is 1. The molecule has 0 fully saturated rings. The zero-order chi connectivity index (χ0) is 14.5. The average Bonchev–Trinajstić information content (AvgIpc) is 2.77. The Balaban J connectivity index is 3.05. The summed E-state index contributed by atoms with van der Waals surface area (Å²) in [6, 6.07) is 1.20. The molecular formula is C11H16ClNO5S. The van der Waals surface area contributed by atoms with Crippen molar-refractivity contribution in [3.63, 3.8) is 0 Å². The molecule has 0 saturated heterocycles. The van der Waals surface area contributed by atoms with E-state index in [1.54, 1.807) is 0 Å². The molecule has 0 atom stereocenters. The van der Waals surface area contributed by atoms with Crippen molar-refractivity contribution in [3.8, 4) is 0 Å². The van der Waals surface area contributed by atoms with Crippen molar-refractivity contribution in [2.75, 3.05) is 20.3 Å². The van der Waals surface area contributed by atoms with Crippen LogP contribution in [0, 0.1) is 0 Å². The Kier molecular flexibility index (Phi) is 5.84. The van der Waals surface area contributed by atoms with Gasteiger partial charge in [0, 0.05) is 30.5 Å². The van der Waals surface area contributed by atoms with Crippen LogP contribution in [-0.2, 0) is 25.1 Å². The summed E-state index contributed by atoms with van der Waals surface area (Å²) in [6.45, 7) is 2.81. The first-order valence-corrected chi connectivity index (χ1v) is 8.02. The molecule has 0 radical (unpaired) electrons. The predicted molar refractivity (Wildman–Crippen MR) is 69.9 cm³/mol. The molecule has 0 bridgehead atoms. The van der Waals surface area contributed by atoms with Gasteiger partial charge in [-0.2, -0.15) is 0 Å². The molecule has 108 valence electrons. The summed E-state index contributed by atoms with van der Waals surface area (Å²) in [5.41, 5.74) is 0.143. The van der Waals surface area contributed by atoms with Gasteiger partial charge < -0.3 is 14.0 Å². The highest BCUT2D eigenvalue weighted by molar-refractivity contribution is 8.13. The number of rotatable bonds is 7. The fourth-order valence-electron chi connectivity index (χ4n) is 1.43. The fraction of sp³-hybridized carbons (Fsp3) is 0.545. The minimum atomic E-state index is -3.88. The quantitative estimate of drug-likeness (QED) is 0.565. The number of ether oxygens (including phenoxy) is 2. The molecule has 1 aromatic rings. The standard InChI is InChI=1S/C11H16ClNO5S/c1-3-5-18-11(14)10-7-9(19(12,15)16)8-13(10)4-6-17-2/h7-8H,3-6H2,1-2H3. The monoisotopic (exact) mass is 309 g/mol. The fourth-order valence-corrected chi connectivity index (χ4v) is 2.19. The zero-order valence-electron chi connectivity index (χ0n) is 10.8. The molecule has 1 heterocycles. The molecule has 1 aromatic heterocycles. The predicted octanol–water partition coefficient (Wildman–Crippen LogP) is 1.63. The van der Waals surface area contributed by atoms with Crippen LogP contribution in [-0.4, -0.2) is 39.3 Å². The summed E-state index contributed by atoms with van der Waals surface area (Å²) in [5.74, 6) is -0.579. The van der Waals surface area contributed by atoms with Crippen LogP contribution in [0.25, 0.3) is 0 Å². The zero-order valence-corrected chi connectivity index (χ0v) is 12.3. The van der Waals surface area contributed by atoms with Crippen LogP contribution in [0.5, 0.6) is 0 Å². The Bertz CT molecular complexity index is 537. The Morgan fingerprint density at radius 1 is 1.42 bits per heavy atom. The van der Waals surface area contributed by atoms with E-state index in [2.05, 4.69) is 0 Å². The third-order valence-corrected chi connectivity index (χ3v) is 3.66. The molecule has 6 nitrogen and oxygen atoms in total. The second-order valence-electron chi connectivity index (χ2n) is 3.82. The van der Waals surface area contributed by atoms with Crippen molar-refractivity contribution >= 4 is 25.7 Å². The largest absolute Gasteiger partial charge is 0.461 e. The molecule has 19 heavy (non-hydrogen) atoms. The summed E-state index contributed by atoms with van der Waals surface area (Å²) in [7, 11) is 2.89. The molecule has 0 aliphatic carbocycles. The molecule has 0 saturated carbocycles. The normalized spacial score (nSPS) is 11.5. The lowest BCUT2D eigenvalue weighted by molar-refractivity contribution is 0.0490. The average molecular weight is 310 g/mol. The summed E-state index contributed by atoms with van der Waals surface area (Å²) in [5, 5.41) is 0. The number of carbonyl (C=O) groups excluding carboxylic acids is 1. The van der Waals surface area contributed by atoms with Crippen molar-refractivity contribution in [1.82, 2.24) is 4.57 Å². The molecule has 0 amide bonds. The lowest BCUT2D eigenvalue weighted by Crippen LogP contribution is -2.14. The number of carbonyl (C=O) groups is 1. The molecule has 0 aliphatic heterocycles. The van der Waals surface area contributed by atoms with Crippen molar-refractivity contribution in [2.24, 2.45) is 0 Å². The van der Waals surface area contributed by atoms with Gasteiger partial charge in [0.1, 0.15) is 10.6 Å². The smallest absolute Gasteiger partial charge is 0.354 e. The summed E-state index contributed by atoms with van der Waals surface area (Å²) < 4.78 is 33.9. The van der Waals surface area contributed by atoms with Crippen molar-refractivity contribution in [3.05, 3.63) is 18.0 Å². The Morgan fingerprint density at radius 3 is 2.63 bits per heavy atom. The van der Waals surface area contributed by atoms with E-state index in [4.69, 9.17) is 20.2 Å². The SMILES string of the molecule is CCCOC(=O)c1cc(S(=O)(=O)Cl)cn1CCOC. The van der Waals surface area contributed by atoms with Gasteiger partial charge in [-0.3, -0.25) is 0 Å². The van der Waals surface area contributed by atoms with Crippen LogP contribution in [0.4, 0.5) is 0 Å². The van der Waals surface area contributed by atoms with E-state index in [0.29, 0.717) is 19.6 Å². The number of nitrogens with zero attached hydrogens (tertiary/aromatic N) is 1. The van der Waals surface area contributed by atoms with E-state index in [1.165, 1.54) is 23.9 Å². The van der Waals surface area contributed by atoms with E-state index in [0.717, 1.165) is 0 Å². The van der Waals surface area contributed by atoms with Gasteiger partial charge in [-0.25, -0.2) is 13.2 Å². The van der Waals surface area contributed by atoms with Crippen LogP contribution < -0.4 is 0 Å². The van der Waals surface area contributed by atoms with Gasteiger partial charge in [0.15, 0.2) is 0 Å². The minimum Gasteiger partial charge on any atom is -0.461 e. The molecule has 8 heteroatoms. The molecular weight excluding hydrogens is 294 g/mol. The summed E-state index contributed by atoms with van der Waals surface area (Å²) in [4.78, 5) is 11.7. The number of methoxy groups -OCH3 is 1. The molecule has 0 aliphatic rings. The number of hydrogen-bond acceptors (Lipinski definition) is 5. The lowest BCUT2D eigenvalue weighted by atomic mass is 10.4. The van der Waals surface area contributed by atoms with Gasteiger partial charge in [0.25, 0.3) is 9.05 Å². The number of hydrogen-bond donors (Lipinski definition) is 0. The third kappa shape index (κ3) is 4.52. The second kappa shape index (κ2) is 6.93. The molecule has 0 unspecified atom stereocenters. The highest BCUT2D eigenvalue weighted by Gasteiger charge is 2.20. The molecule has 0 spiro atoms. The van der Waals surface area contributed by atoms with E-state index in [1.807, 2.05) is 6.92 Å². The first kappa shape index (κ1) is 16.0. The van der Waals surface area contributed by atoms with E-state index < -0.39 is 15.0 Å². The maximum absolute atomic E-state index is 11.8. The van der Waals surface area contributed by atoms with Gasteiger partial charge in [0.05, 0.1) is 13.2 Å². The minimum absolute atomic E-state index is 0.131. The van der Waals surface area contributed by atoms with Gasteiger partial charge in [-0.15, -0.1) is 0 Å². The van der Waals surface area contributed by atoms with Crippen LogP contribution in [0.1, 0.15) is 23.8 Å². The lowest BCUT2D eigenvalue weighted by Gasteiger charge is -2.07. The van der Waals surface area contributed by atoms with Crippen LogP contribution in [0.2, 0.25) is 0 Å². The van der Waals surface area contributed by atoms with Gasteiger partial charge in [-0.05, 0) is 12.5 Å². The summed E-state index contributed by atoms with van der Waals surface area (Å²) in [6.07, 6.45) is 1.98. The van der Waals surface area contributed by atoms with Crippen LogP contribution in [0.3, 0.4) is 0 Å². The van der Waals surface area contributed by atoms with E-state index >= 15 is 0 Å². The maximum atomic E-state index is 11.8. The van der Waals surface area contributed by atoms with Gasteiger partial charge in [0.2, 0.25) is 0 Å². The maximum Gasteiger partial charge on any atom is 0.354 e. The first-order valence-electron chi connectivity index (χ1n) is 5.71. The summed E-state index contributed by atoms with van der Waals surface area (Å²) >= 11 is 0. The molecule has 0 N–H and O–H groups in total. The number of aromatic nitrogens is 1. The van der Waals surface area contributed by atoms with Crippen LogP contribution >= 0.6 is 10.7 Å². The number of halogens is 1.